The Morgan fingerprint density at radius 3 is 1.18 bits per heavy atom. The van der Waals surface area contributed by atoms with E-state index < -0.39 is 8.07 Å². The molecule has 0 fully saturated rings. The van der Waals surface area contributed by atoms with E-state index >= 15 is 0 Å². The molecular formula is C93H98F2Si. The average Bonchev–Trinajstić information content (AvgIpc) is 0.885. The highest BCUT2D eigenvalue weighted by atomic mass is 28.3. The summed E-state index contributed by atoms with van der Waals surface area (Å²) in [7, 11) is -1.06. The Kier molecular flexibility index (Phi) is 27.3. The first-order chi connectivity index (χ1) is 45.8. The van der Waals surface area contributed by atoms with Crippen LogP contribution in [0.4, 0.5) is 8.78 Å². The van der Waals surface area contributed by atoms with Crippen molar-refractivity contribution in [3.63, 3.8) is 0 Å². The number of halogens is 2. The predicted octanol–water partition coefficient (Wildman–Crippen LogP) is 26.5. The zero-order chi connectivity index (χ0) is 69.4. The molecule has 0 bridgehead atoms. The van der Waals surface area contributed by atoms with Gasteiger partial charge in [0.1, 0.15) is 11.6 Å². The molecule has 0 amide bonds. The van der Waals surface area contributed by atoms with Crippen LogP contribution in [-0.2, 0) is 5.41 Å². The topological polar surface area (TPSA) is 0 Å². The van der Waals surface area contributed by atoms with Crippen molar-refractivity contribution in [3.8, 4) is 55.6 Å². The van der Waals surface area contributed by atoms with Crippen LogP contribution in [-0.4, -0.2) is 8.07 Å². The molecule has 0 aliphatic rings. The molecule has 0 atom stereocenters. The molecule has 488 valence electrons. The third kappa shape index (κ3) is 22.7. The van der Waals surface area contributed by atoms with Crippen molar-refractivity contribution in [1.29, 1.82) is 0 Å². The fourth-order valence-corrected chi connectivity index (χ4v) is 12.2. The van der Waals surface area contributed by atoms with Gasteiger partial charge in [-0.1, -0.05) is 347 Å². The molecule has 0 aromatic heterocycles. The third-order valence-corrected chi connectivity index (χ3v) is 19.0. The summed E-state index contributed by atoms with van der Waals surface area (Å²) >= 11 is 0. The molecule has 13 aromatic carbocycles. The van der Waals surface area contributed by atoms with Crippen molar-refractivity contribution in [2.45, 2.75) is 115 Å². The Balaban J connectivity index is 0.000000160. The lowest BCUT2D eigenvalue weighted by molar-refractivity contribution is 0.590. The number of hydrogen-bond acceptors (Lipinski definition) is 0. The lowest BCUT2D eigenvalue weighted by atomic mass is 9.87. The van der Waals surface area contributed by atoms with Gasteiger partial charge in [0, 0.05) is 0 Å². The fourth-order valence-electron chi connectivity index (χ4n) is 11.0. The molecule has 13 aromatic rings. The molecule has 13 rings (SSSR count). The summed E-state index contributed by atoms with van der Waals surface area (Å²) in [4.78, 5) is 0. The summed E-state index contributed by atoms with van der Waals surface area (Å²) in [6, 6.07) is 103. The van der Waals surface area contributed by atoms with E-state index in [1.54, 1.807) is 23.4 Å². The van der Waals surface area contributed by atoms with Gasteiger partial charge in [-0.15, -0.1) is 0 Å². The van der Waals surface area contributed by atoms with Gasteiger partial charge in [-0.05, 0) is 204 Å². The lowest BCUT2D eigenvalue weighted by Gasteiger charge is -2.18. The summed E-state index contributed by atoms with van der Waals surface area (Å²) in [6.07, 6.45) is 0. The monoisotopic (exact) mass is 1280 g/mol. The Hall–Kier alpha value is -9.80. The zero-order valence-corrected chi connectivity index (χ0v) is 60.6. The van der Waals surface area contributed by atoms with Gasteiger partial charge in [-0.3, -0.25) is 0 Å². The molecule has 96 heavy (non-hydrogen) atoms. The number of hydrogen-bond donors (Lipinski definition) is 0. The van der Waals surface area contributed by atoms with Crippen molar-refractivity contribution in [2.24, 2.45) is 0 Å². The normalized spacial score (nSPS) is 10.6. The molecule has 0 N–H and O–H groups in total. The molecule has 0 unspecified atom stereocenters. The summed E-state index contributed by atoms with van der Waals surface area (Å²) in [5, 5.41) is 3.88. The number of rotatable bonds is 6. The molecule has 0 saturated heterocycles. The first-order valence-electron chi connectivity index (χ1n) is 33.4. The highest BCUT2D eigenvalue weighted by molar-refractivity contribution is 6.88. The summed E-state index contributed by atoms with van der Waals surface area (Å²) in [5.41, 5.74) is 25.4. The van der Waals surface area contributed by atoms with Gasteiger partial charge in [-0.25, -0.2) is 8.78 Å². The molecule has 0 spiro atoms. The Morgan fingerprint density at radius 1 is 0.271 bits per heavy atom. The summed E-state index contributed by atoms with van der Waals surface area (Å²) < 4.78 is 27.7. The summed E-state index contributed by atoms with van der Waals surface area (Å²) in [6.45, 7) is 34.7. The molecule has 0 heterocycles. The SMILES string of the molecule is Cc1c(F)cc(-c2ccccc2)cc1-c1ccccc1.Cc1cc(C)c(C)c(C)c1.Cc1cc(F)cc(-c2cccc3ccccc23)c1.Cc1ccc(-c2ccccc2)cc1.Cc1ccc(C(C)(C)C)cc1.Cc1ccc([Si](C)(C)C)cc1.Cc1ccccc1-c1ccccc1. The van der Waals surface area contributed by atoms with Crippen LogP contribution in [0.5, 0.6) is 0 Å². The van der Waals surface area contributed by atoms with E-state index in [1.807, 2.05) is 117 Å². The molecule has 0 radical (unpaired) electrons. The van der Waals surface area contributed by atoms with Crippen LogP contribution in [0.25, 0.3) is 66.4 Å². The van der Waals surface area contributed by atoms with Gasteiger partial charge in [0.2, 0.25) is 0 Å². The quantitative estimate of drug-likeness (QED) is 0.146. The van der Waals surface area contributed by atoms with E-state index in [-0.39, 0.29) is 17.0 Å². The number of benzene rings is 13. The zero-order valence-electron chi connectivity index (χ0n) is 59.6. The van der Waals surface area contributed by atoms with E-state index in [2.05, 4.69) is 278 Å². The van der Waals surface area contributed by atoms with Crippen LogP contribution in [0.3, 0.4) is 0 Å². The van der Waals surface area contributed by atoms with E-state index in [4.69, 9.17) is 0 Å². The van der Waals surface area contributed by atoms with Crippen molar-refractivity contribution >= 4 is 24.0 Å². The average molecular weight is 1280 g/mol. The first kappa shape index (κ1) is 73.6. The second kappa shape index (κ2) is 35.6. The van der Waals surface area contributed by atoms with E-state index in [0.29, 0.717) is 5.56 Å². The second-order valence-corrected chi connectivity index (χ2v) is 32.2. The minimum Gasteiger partial charge on any atom is -0.207 e. The predicted molar refractivity (Wildman–Crippen MR) is 419 cm³/mol. The smallest absolute Gasteiger partial charge is 0.127 e. The maximum atomic E-state index is 14.2. The standard InChI is InChI=1S/C19H15F.C17H13F.2C13H12.C11H16.C10H16Si.C10H14/c1-14-18(16-10-6-3-7-11-16)12-17(13-19(14)20)15-8-4-2-5-9-15;1-12-9-14(11-15(18)10-12)17-8-4-6-13-5-2-3-7-16(13)17;1-11-7-5-6-10-13(11)12-8-3-2-4-9-12;1-11-7-9-13(10-8-11)12-5-3-2-4-6-12;2*1-9-5-7-10(8-6-9)11(2,3)4;1-7-5-8(2)10(4)9(3)6-7/h2-13H,1H3;2-11H,1H3;2*2-10H,1H3;2*5-8H,1-4H3;5-6H,1-4H3. The Morgan fingerprint density at radius 2 is 0.677 bits per heavy atom. The van der Waals surface area contributed by atoms with Gasteiger partial charge >= 0.3 is 0 Å². The lowest BCUT2D eigenvalue weighted by Crippen LogP contribution is -2.37. The van der Waals surface area contributed by atoms with Crippen molar-refractivity contribution < 1.29 is 8.78 Å². The largest absolute Gasteiger partial charge is 0.207 e. The first-order valence-corrected chi connectivity index (χ1v) is 36.9. The third-order valence-electron chi connectivity index (χ3n) is 17.0. The van der Waals surface area contributed by atoms with Crippen LogP contribution in [0.2, 0.25) is 19.6 Å². The maximum absolute atomic E-state index is 14.2. The highest BCUT2D eigenvalue weighted by Gasteiger charge is 2.16. The molecule has 0 aliphatic heterocycles. The van der Waals surface area contributed by atoms with Gasteiger partial charge in [0.25, 0.3) is 0 Å². The van der Waals surface area contributed by atoms with Gasteiger partial charge in [0.15, 0.2) is 0 Å². The van der Waals surface area contributed by atoms with Crippen molar-refractivity contribution in [3.05, 3.63) is 376 Å². The van der Waals surface area contributed by atoms with E-state index in [0.717, 1.165) is 44.3 Å². The minimum atomic E-state index is -1.06. The highest BCUT2D eigenvalue weighted by Crippen LogP contribution is 2.33. The van der Waals surface area contributed by atoms with Crippen molar-refractivity contribution in [2.75, 3.05) is 0 Å². The van der Waals surface area contributed by atoms with Gasteiger partial charge in [-0.2, -0.15) is 0 Å². The summed E-state index contributed by atoms with van der Waals surface area (Å²) in [5.74, 6) is -0.344. The van der Waals surface area contributed by atoms with Gasteiger partial charge in [0.05, 0.1) is 8.07 Å². The second-order valence-electron chi connectivity index (χ2n) is 27.1. The molecule has 3 heteroatoms. The van der Waals surface area contributed by atoms with Crippen LogP contribution in [0.1, 0.15) is 82.0 Å². The van der Waals surface area contributed by atoms with Crippen LogP contribution < -0.4 is 5.19 Å². The number of aryl methyl sites for hydroxylation is 8. The molecular weight excluding hydrogens is 1180 g/mol. The maximum Gasteiger partial charge on any atom is 0.127 e. The van der Waals surface area contributed by atoms with Gasteiger partial charge < -0.3 is 0 Å². The fraction of sp³-hybridized carbons (Fsp3) is 0.183. The number of fused-ring (bicyclic) bond motifs is 1. The van der Waals surface area contributed by atoms with Crippen LogP contribution in [0.15, 0.2) is 303 Å². The molecule has 0 aliphatic carbocycles. The minimum absolute atomic E-state index is 0.162. The molecule has 0 saturated carbocycles. The Bertz CT molecular complexity index is 4380. The van der Waals surface area contributed by atoms with Crippen LogP contribution >= 0.6 is 0 Å². The molecule has 0 nitrogen and oxygen atoms in total. The van der Waals surface area contributed by atoms with E-state index in [1.165, 1.54) is 77.7 Å². The Labute approximate surface area is 576 Å². The van der Waals surface area contributed by atoms with Crippen LogP contribution in [0, 0.1) is 80.9 Å². The van der Waals surface area contributed by atoms with E-state index in [9.17, 15) is 8.78 Å². The van der Waals surface area contributed by atoms with Crippen molar-refractivity contribution in [1.82, 2.24) is 0 Å².